The van der Waals surface area contributed by atoms with E-state index in [2.05, 4.69) is 23.3 Å². The monoisotopic (exact) mass is 477 g/mol. The van der Waals surface area contributed by atoms with Crippen molar-refractivity contribution in [3.63, 3.8) is 0 Å². The summed E-state index contributed by atoms with van der Waals surface area (Å²) in [4.78, 5) is 3.60. The summed E-state index contributed by atoms with van der Waals surface area (Å²) in [5.74, 6) is 4.00. The van der Waals surface area contributed by atoms with Gasteiger partial charge in [0.1, 0.15) is 0 Å². The summed E-state index contributed by atoms with van der Waals surface area (Å²) in [5, 5.41) is 3.51. The van der Waals surface area contributed by atoms with Crippen LogP contribution in [0.25, 0.3) is 0 Å². The second kappa shape index (κ2) is 14.8. The Kier molecular flexibility index (Phi) is 12.1. The number of anilines is 1. The summed E-state index contributed by atoms with van der Waals surface area (Å²) in [6.45, 7) is 4.03. The number of nitrogen functional groups attached to an aromatic ring is 1. The normalized spacial score (nSPS) is 11.0. The van der Waals surface area contributed by atoms with Gasteiger partial charge in [0.15, 0.2) is 23.0 Å². The fraction of sp³-hybridized carbons (Fsp3) is 0.520. The summed E-state index contributed by atoms with van der Waals surface area (Å²) in [7, 11) is 8.77. The minimum absolute atomic E-state index is 0.664. The van der Waals surface area contributed by atoms with Crippen LogP contribution in [0.5, 0.6) is 23.0 Å². The van der Waals surface area contributed by atoms with Gasteiger partial charge in [0.25, 0.3) is 0 Å². The van der Waals surface area contributed by atoms with E-state index in [-0.39, 0.29) is 0 Å². The highest BCUT2D eigenvalue weighted by atomic mass is 32.2. The highest BCUT2D eigenvalue weighted by Crippen LogP contribution is 2.33. The van der Waals surface area contributed by atoms with Crippen molar-refractivity contribution in [2.24, 2.45) is 0 Å². The number of rotatable bonds is 16. The predicted molar refractivity (Wildman–Crippen MR) is 138 cm³/mol. The van der Waals surface area contributed by atoms with Gasteiger partial charge in [-0.3, -0.25) is 0 Å². The molecule has 0 amide bonds. The Morgan fingerprint density at radius 1 is 0.818 bits per heavy atom. The molecule has 0 fully saturated rings. The van der Waals surface area contributed by atoms with Crippen molar-refractivity contribution in [3.05, 3.63) is 35.9 Å². The molecule has 0 aliphatic carbocycles. The first-order valence-electron chi connectivity index (χ1n) is 11.3. The molecule has 0 heterocycles. The smallest absolute Gasteiger partial charge is 0.162 e. The molecule has 2 aromatic rings. The third-order valence-electron chi connectivity index (χ3n) is 5.42. The molecule has 0 bridgehead atoms. The molecule has 0 atom stereocenters. The Labute approximate surface area is 202 Å². The van der Waals surface area contributed by atoms with Gasteiger partial charge in [0, 0.05) is 16.6 Å². The van der Waals surface area contributed by atoms with E-state index in [1.165, 1.54) is 4.90 Å². The maximum atomic E-state index is 6.14. The molecule has 0 aromatic heterocycles. The average molecular weight is 478 g/mol. The number of ether oxygens (including phenoxy) is 4. The fourth-order valence-electron chi connectivity index (χ4n) is 3.52. The average Bonchev–Trinajstić information content (AvgIpc) is 2.84. The van der Waals surface area contributed by atoms with E-state index in [4.69, 9.17) is 24.7 Å². The van der Waals surface area contributed by atoms with Crippen LogP contribution in [-0.4, -0.2) is 72.3 Å². The van der Waals surface area contributed by atoms with E-state index in [1.807, 2.05) is 36.0 Å². The Bertz CT molecular complexity index is 851. The van der Waals surface area contributed by atoms with Crippen molar-refractivity contribution in [2.75, 3.05) is 73.2 Å². The van der Waals surface area contributed by atoms with Crippen molar-refractivity contribution in [3.8, 4) is 23.0 Å². The van der Waals surface area contributed by atoms with Gasteiger partial charge in [-0.25, -0.2) is 0 Å². The molecule has 184 valence electrons. The topological polar surface area (TPSA) is 78.2 Å². The molecule has 2 rings (SSSR count). The standard InChI is InChI=1S/C25H39N3O4S/c1-28(14-7-15-33-20-8-9-22(29-2)24(17-20)31-4)13-6-11-27-12-10-19-16-23(30-3)25(32-5)18-21(19)26/h8-9,16-18,27H,6-7,10-15,26H2,1-5H3. The minimum atomic E-state index is 0.664. The van der Waals surface area contributed by atoms with Crippen LogP contribution in [0.15, 0.2) is 35.2 Å². The number of nitrogens with one attached hydrogen (secondary N) is 1. The molecule has 0 saturated carbocycles. The van der Waals surface area contributed by atoms with Crippen LogP contribution in [0.1, 0.15) is 18.4 Å². The van der Waals surface area contributed by atoms with Gasteiger partial charge >= 0.3 is 0 Å². The van der Waals surface area contributed by atoms with Gasteiger partial charge < -0.3 is 34.9 Å². The lowest BCUT2D eigenvalue weighted by Gasteiger charge is -2.17. The zero-order chi connectivity index (χ0) is 24.1. The molecule has 7 nitrogen and oxygen atoms in total. The first kappa shape index (κ1) is 27.0. The van der Waals surface area contributed by atoms with Gasteiger partial charge in [0.2, 0.25) is 0 Å². The number of thioether (sulfide) groups is 1. The van der Waals surface area contributed by atoms with Crippen molar-refractivity contribution in [2.45, 2.75) is 24.2 Å². The molecular weight excluding hydrogens is 438 g/mol. The lowest BCUT2D eigenvalue weighted by molar-refractivity contribution is 0.328. The predicted octanol–water partition coefficient (Wildman–Crippen LogP) is 3.94. The van der Waals surface area contributed by atoms with Crippen LogP contribution in [0.2, 0.25) is 0 Å². The van der Waals surface area contributed by atoms with Crippen LogP contribution < -0.4 is 30.0 Å². The van der Waals surface area contributed by atoms with E-state index in [0.717, 1.165) is 73.9 Å². The van der Waals surface area contributed by atoms with Crippen LogP contribution in [0.3, 0.4) is 0 Å². The van der Waals surface area contributed by atoms with E-state index < -0.39 is 0 Å². The van der Waals surface area contributed by atoms with Crippen molar-refractivity contribution in [1.82, 2.24) is 10.2 Å². The van der Waals surface area contributed by atoms with E-state index >= 15 is 0 Å². The lowest BCUT2D eigenvalue weighted by Crippen LogP contribution is -2.26. The first-order valence-corrected chi connectivity index (χ1v) is 12.2. The summed E-state index contributed by atoms with van der Waals surface area (Å²) in [6.07, 6.45) is 3.11. The largest absolute Gasteiger partial charge is 0.493 e. The second-order valence-electron chi connectivity index (χ2n) is 7.78. The van der Waals surface area contributed by atoms with Gasteiger partial charge in [0.05, 0.1) is 28.4 Å². The maximum absolute atomic E-state index is 6.14. The maximum Gasteiger partial charge on any atom is 0.162 e. The number of hydrogen-bond donors (Lipinski definition) is 2. The molecular formula is C25H39N3O4S. The molecule has 0 unspecified atom stereocenters. The second-order valence-corrected chi connectivity index (χ2v) is 8.95. The van der Waals surface area contributed by atoms with Crippen LogP contribution in [0, 0.1) is 0 Å². The SMILES string of the molecule is COc1ccc(SCCCN(C)CCCNCCc2cc(OC)c(OC)cc2N)cc1OC. The molecule has 0 saturated heterocycles. The number of nitrogens with two attached hydrogens (primary N) is 1. The number of hydrogen-bond acceptors (Lipinski definition) is 8. The van der Waals surface area contributed by atoms with Gasteiger partial charge in [-0.1, -0.05) is 0 Å². The van der Waals surface area contributed by atoms with Gasteiger partial charge in [-0.2, -0.15) is 0 Å². The van der Waals surface area contributed by atoms with E-state index in [9.17, 15) is 0 Å². The Balaban J connectivity index is 1.57. The van der Waals surface area contributed by atoms with Crippen molar-refractivity contribution in [1.29, 1.82) is 0 Å². The summed E-state index contributed by atoms with van der Waals surface area (Å²) >= 11 is 1.85. The number of methoxy groups -OCH3 is 4. The van der Waals surface area contributed by atoms with Crippen LogP contribution in [-0.2, 0) is 6.42 Å². The van der Waals surface area contributed by atoms with Crippen LogP contribution in [0.4, 0.5) is 5.69 Å². The Morgan fingerprint density at radius 3 is 2.15 bits per heavy atom. The summed E-state index contributed by atoms with van der Waals surface area (Å²) < 4.78 is 21.3. The molecule has 0 radical (unpaired) electrons. The number of nitrogens with zero attached hydrogens (tertiary/aromatic N) is 1. The van der Waals surface area contributed by atoms with Gasteiger partial charge in [-0.15, -0.1) is 11.8 Å². The lowest BCUT2D eigenvalue weighted by atomic mass is 10.1. The summed E-state index contributed by atoms with van der Waals surface area (Å²) in [5.41, 5.74) is 7.95. The number of benzene rings is 2. The molecule has 33 heavy (non-hydrogen) atoms. The van der Waals surface area contributed by atoms with Gasteiger partial charge in [-0.05, 0) is 88.1 Å². The van der Waals surface area contributed by atoms with Crippen LogP contribution >= 0.6 is 11.8 Å². The Morgan fingerprint density at radius 2 is 1.45 bits per heavy atom. The molecule has 3 N–H and O–H groups in total. The zero-order valence-electron chi connectivity index (χ0n) is 20.6. The highest BCUT2D eigenvalue weighted by Gasteiger charge is 2.09. The van der Waals surface area contributed by atoms with Crippen molar-refractivity contribution >= 4 is 17.4 Å². The third kappa shape index (κ3) is 8.87. The van der Waals surface area contributed by atoms with E-state index in [1.54, 1.807) is 28.4 Å². The molecule has 0 aliphatic rings. The highest BCUT2D eigenvalue weighted by molar-refractivity contribution is 7.99. The molecule has 8 heteroatoms. The minimum Gasteiger partial charge on any atom is -0.493 e. The third-order valence-corrected chi connectivity index (χ3v) is 6.50. The molecule has 0 aliphatic heterocycles. The quantitative estimate of drug-likeness (QED) is 0.214. The van der Waals surface area contributed by atoms with Crippen molar-refractivity contribution < 1.29 is 18.9 Å². The summed E-state index contributed by atoms with van der Waals surface area (Å²) in [6, 6.07) is 9.86. The first-order chi connectivity index (χ1) is 16.0. The van der Waals surface area contributed by atoms with E-state index in [0.29, 0.717) is 11.5 Å². The Hall–Kier alpha value is -2.29. The molecule has 2 aromatic carbocycles. The zero-order valence-corrected chi connectivity index (χ0v) is 21.4. The fourth-order valence-corrected chi connectivity index (χ4v) is 4.38. The molecule has 0 spiro atoms.